The highest BCUT2D eigenvalue weighted by molar-refractivity contribution is 7.89. The zero-order chi connectivity index (χ0) is 24.1. The van der Waals surface area contributed by atoms with Crippen LogP contribution < -0.4 is 15.0 Å². The maximum atomic E-state index is 13.2. The molecule has 0 radical (unpaired) electrons. The maximum Gasteiger partial charge on any atom is 0.387 e. The molecule has 2 heterocycles. The number of anilines is 2. The number of piperidine rings is 1. The summed E-state index contributed by atoms with van der Waals surface area (Å²) in [6, 6.07) is 10.2. The standard InChI is InChI=1S/C23H27F2N3O5S/c24-23(25)33-18-6-4-5-17(15-18)22(29)26-20-16-19(34(30,31)28-9-2-1-3-10-28)7-8-21(20)27-11-13-32-14-12-27/h4-8,15-16,23H,1-3,9-14H2,(H,26,29). The lowest BCUT2D eigenvalue weighted by Gasteiger charge is -2.31. The number of sulfonamides is 1. The molecule has 0 saturated carbocycles. The van der Waals surface area contributed by atoms with Crippen LogP contribution in [0.4, 0.5) is 20.2 Å². The van der Waals surface area contributed by atoms with E-state index in [1.807, 2.05) is 4.90 Å². The Morgan fingerprint density at radius 2 is 1.74 bits per heavy atom. The number of rotatable bonds is 7. The van der Waals surface area contributed by atoms with E-state index in [0.717, 1.165) is 19.3 Å². The predicted molar refractivity (Wildman–Crippen MR) is 123 cm³/mol. The lowest BCUT2D eigenvalue weighted by atomic mass is 10.1. The fraction of sp³-hybridized carbons (Fsp3) is 0.435. The van der Waals surface area contributed by atoms with Crippen molar-refractivity contribution in [1.29, 1.82) is 0 Å². The highest BCUT2D eigenvalue weighted by Gasteiger charge is 2.28. The number of nitrogens with zero attached hydrogens (tertiary/aromatic N) is 2. The first-order valence-electron chi connectivity index (χ1n) is 11.2. The maximum absolute atomic E-state index is 13.2. The molecule has 0 bridgehead atoms. The molecule has 2 fully saturated rings. The molecule has 8 nitrogen and oxygen atoms in total. The first-order valence-corrected chi connectivity index (χ1v) is 12.6. The van der Waals surface area contributed by atoms with Gasteiger partial charge in [-0.15, -0.1) is 0 Å². The highest BCUT2D eigenvalue weighted by atomic mass is 32.2. The van der Waals surface area contributed by atoms with Gasteiger partial charge in [0, 0.05) is 31.7 Å². The monoisotopic (exact) mass is 495 g/mol. The Morgan fingerprint density at radius 1 is 1.00 bits per heavy atom. The molecular formula is C23H27F2N3O5S. The summed E-state index contributed by atoms with van der Waals surface area (Å²) in [6.07, 6.45) is 2.62. The van der Waals surface area contributed by atoms with E-state index in [-0.39, 0.29) is 16.2 Å². The van der Waals surface area contributed by atoms with Crippen molar-refractivity contribution in [2.75, 3.05) is 49.6 Å². The van der Waals surface area contributed by atoms with Crippen LogP contribution in [0.3, 0.4) is 0 Å². The van der Waals surface area contributed by atoms with Crippen LogP contribution in [0.2, 0.25) is 0 Å². The molecule has 34 heavy (non-hydrogen) atoms. The van der Waals surface area contributed by atoms with Crippen LogP contribution in [0.25, 0.3) is 0 Å². The zero-order valence-corrected chi connectivity index (χ0v) is 19.4. The van der Waals surface area contributed by atoms with Crippen molar-refractivity contribution in [3.05, 3.63) is 48.0 Å². The van der Waals surface area contributed by atoms with E-state index in [0.29, 0.717) is 50.8 Å². The van der Waals surface area contributed by atoms with Crippen molar-refractivity contribution in [1.82, 2.24) is 4.31 Å². The van der Waals surface area contributed by atoms with E-state index >= 15 is 0 Å². The van der Waals surface area contributed by atoms with Crippen molar-refractivity contribution in [3.63, 3.8) is 0 Å². The number of halogens is 2. The normalized spacial score (nSPS) is 17.6. The second kappa shape index (κ2) is 10.7. The average molecular weight is 496 g/mol. The van der Waals surface area contributed by atoms with Gasteiger partial charge in [-0.2, -0.15) is 13.1 Å². The Labute approximate surface area is 197 Å². The fourth-order valence-electron chi connectivity index (χ4n) is 4.12. The number of hydrogen-bond acceptors (Lipinski definition) is 6. The molecule has 2 saturated heterocycles. The van der Waals surface area contributed by atoms with Crippen molar-refractivity contribution >= 4 is 27.3 Å². The minimum absolute atomic E-state index is 0.0940. The average Bonchev–Trinajstić information content (AvgIpc) is 2.85. The molecule has 184 valence electrons. The summed E-state index contributed by atoms with van der Waals surface area (Å²) >= 11 is 0. The molecule has 0 spiro atoms. The Hall–Kier alpha value is -2.76. The van der Waals surface area contributed by atoms with Crippen molar-refractivity contribution in [3.8, 4) is 5.75 Å². The second-order valence-corrected chi connectivity index (χ2v) is 10.0. The van der Waals surface area contributed by atoms with E-state index in [2.05, 4.69) is 10.1 Å². The molecule has 0 unspecified atom stereocenters. The molecule has 1 N–H and O–H groups in total. The number of morpholine rings is 1. The zero-order valence-electron chi connectivity index (χ0n) is 18.6. The third-order valence-corrected chi connectivity index (χ3v) is 7.74. The molecule has 0 aromatic heterocycles. The van der Waals surface area contributed by atoms with E-state index in [1.165, 1.54) is 34.6 Å². The Balaban J connectivity index is 1.65. The van der Waals surface area contributed by atoms with E-state index in [9.17, 15) is 22.0 Å². The minimum atomic E-state index is -3.72. The molecule has 2 aromatic rings. The molecule has 4 rings (SSSR count). The largest absolute Gasteiger partial charge is 0.435 e. The molecule has 0 atom stereocenters. The number of alkyl halides is 2. The second-order valence-electron chi connectivity index (χ2n) is 8.10. The van der Waals surface area contributed by atoms with Gasteiger partial charge < -0.3 is 19.7 Å². The van der Waals surface area contributed by atoms with Crippen LogP contribution in [0.15, 0.2) is 47.4 Å². The molecule has 2 aliphatic rings. The molecule has 1 amide bonds. The lowest BCUT2D eigenvalue weighted by Crippen LogP contribution is -2.37. The van der Waals surface area contributed by atoms with Crippen LogP contribution in [0.1, 0.15) is 29.6 Å². The Kier molecular flexibility index (Phi) is 7.64. The van der Waals surface area contributed by atoms with Gasteiger partial charge in [-0.25, -0.2) is 8.42 Å². The van der Waals surface area contributed by atoms with Gasteiger partial charge in [0.05, 0.1) is 29.5 Å². The van der Waals surface area contributed by atoms with Gasteiger partial charge in [0.25, 0.3) is 5.91 Å². The first kappa shape index (κ1) is 24.4. The summed E-state index contributed by atoms with van der Waals surface area (Å²) in [5.41, 5.74) is 1.09. The predicted octanol–water partition coefficient (Wildman–Crippen LogP) is 3.55. The summed E-state index contributed by atoms with van der Waals surface area (Å²) in [6.45, 7) is 0.0983. The SMILES string of the molecule is O=C(Nc1cc(S(=O)(=O)N2CCCCC2)ccc1N1CCOCC1)c1cccc(OC(F)F)c1. The number of ether oxygens (including phenoxy) is 2. The van der Waals surface area contributed by atoms with E-state index in [4.69, 9.17) is 4.74 Å². The number of nitrogens with one attached hydrogen (secondary N) is 1. The van der Waals surface area contributed by atoms with E-state index in [1.54, 1.807) is 12.1 Å². The van der Waals surface area contributed by atoms with Gasteiger partial charge in [-0.1, -0.05) is 12.5 Å². The van der Waals surface area contributed by atoms with Crippen LogP contribution in [0, 0.1) is 0 Å². The highest BCUT2D eigenvalue weighted by Crippen LogP contribution is 2.32. The van der Waals surface area contributed by atoms with Crippen molar-refractivity contribution < 1.29 is 31.5 Å². The summed E-state index contributed by atoms with van der Waals surface area (Å²) in [7, 11) is -3.72. The van der Waals surface area contributed by atoms with Crippen LogP contribution in [-0.4, -0.2) is 64.6 Å². The van der Waals surface area contributed by atoms with Crippen LogP contribution in [0.5, 0.6) is 5.75 Å². The van der Waals surface area contributed by atoms with Gasteiger partial charge in [0.1, 0.15) is 5.75 Å². The van der Waals surface area contributed by atoms with Gasteiger partial charge in [0.2, 0.25) is 10.0 Å². The van der Waals surface area contributed by atoms with Gasteiger partial charge in [0.15, 0.2) is 0 Å². The molecule has 2 aliphatic heterocycles. The number of amides is 1. The van der Waals surface area contributed by atoms with Gasteiger partial charge in [-0.05, 0) is 49.2 Å². The van der Waals surface area contributed by atoms with Crippen LogP contribution >= 0.6 is 0 Å². The first-order chi connectivity index (χ1) is 16.3. The minimum Gasteiger partial charge on any atom is -0.435 e. The number of benzene rings is 2. The molecular weight excluding hydrogens is 468 g/mol. The summed E-state index contributed by atoms with van der Waals surface area (Å²) in [4.78, 5) is 15.1. The topological polar surface area (TPSA) is 88.2 Å². The smallest absolute Gasteiger partial charge is 0.387 e. The van der Waals surface area contributed by atoms with Crippen molar-refractivity contribution in [2.45, 2.75) is 30.8 Å². The summed E-state index contributed by atoms with van der Waals surface area (Å²) < 4.78 is 62.8. The fourth-order valence-corrected chi connectivity index (χ4v) is 5.66. The third-order valence-electron chi connectivity index (χ3n) is 5.84. The van der Waals surface area contributed by atoms with Crippen molar-refractivity contribution in [2.24, 2.45) is 0 Å². The lowest BCUT2D eigenvalue weighted by molar-refractivity contribution is -0.0498. The van der Waals surface area contributed by atoms with Gasteiger partial charge >= 0.3 is 6.61 Å². The van der Waals surface area contributed by atoms with Crippen LogP contribution in [-0.2, 0) is 14.8 Å². The molecule has 11 heteroatoms. The van der Waals surface area contributed by atoms with Gasteiger partial charge in [-0.3, -0.25) is 4.79 Å². The third kappa shape index (κ3) is 5.65. The molecule has 0 aliphatic carbocycles. The Bertz CT molecular complexity index is 1120. The summed E-state index contributed by atoms with van der Waals surface area (Å²) in [5, 5.41) is 2.77. The number of carbonyl (C=O) groups excluding carboxylic acids is 1. The number of carbonyl (C=O) groups is 1. The molecule has 2 aromatic carbocycles. The van der Waals surface area contributed by atoms with E-state index < -0.39 is 22.5 Å². The summed E-state index contributed by atoms with van der Waals surface area (Å²) in [5.74, 6) is -0.709. The number of hydrogen-bond donors (Lipinski definition) is 1. The Morgan fingerprint density at radius 3 is 2.44 bits per heavy atom. The quantitative estimate of drug-likeness (QED) is 0.632.